The minimum atomic E-state index is -0.770. The maximum absolute atomic E-state index is 11.3. The molecule has 2 heterocycles. The van der Waals surface area contributed by atoms with E-state index in [0.717, 1.165) is 68.5 Å². The molecule has 254 valence electrons. The monoisotopic (exact) mass is 685 g/mol. The molecule has 0 saturated heterocycles. The Morgan fingerprint density at radius 1 is 0.872 bits per heavy atom. The van der Waals surface area contributed by atoms with Crippen molar-refractivity contribution >= 4 is 47.1 Å². The van der Waals surface area contributed by atoms with Crippen LogP contribution in [0.4, 0.5) is 11.4 Å². The number of hydrogen-bond acceptors (Lipinski definition) is 10. The van der Waals surface area contributed by atoms with Gasteiger partial charge in [-0.1, -0.05) is 64.7 Å². The van der Waals surface area contributed by atoms with Crippen molar-refractivity contribution in [3.05, 3.63) is 95.7 Å². The SMILES string of the molecule is CCN1/C(=C/C=C/C=C/C2=[N+](CCCSOOO)c3ccccc3C2(C)CCCSOOO)C(C)(CCCC(=O)O)c2ccccc21. The topological polar surface area (TPSA) is 121 Å². The number of carbonyl (C=O) groups is 1. The Balaban J connectivity index is 1.63. The molecular formula is C35H45N2O8S2+. The number of hydrogen-bond donors (Lipinski definition) is 3. The first kappa shape index (κ1) is 36.9. The number of aliphatic carboxylic acids is 1. The first-order valence-corrected chi connectivity index (χ1v) is 17.7. The third-order valence-corrected chi connectivity index (χ3v) is 10.3. The summed E-state index contributed by atoms with van der Waals surface area (Å²) in [5.41, 5.74) is 6.59. The zero-order valence-electron chi connectivity index (χ0n) is 27.2. The third kappa shape index (κ3) is 8.76. The molecule has 10 nitrogen and oxygen atoms in total. The number of carboxylic acid groups (broad SMARTS) is 1. The number of nitrogens with zero attached hydrogens (tertiary/aromatic N) is 2. The first-order valence-electron chi connectivity index (χ1n) is 15.9. The van der Waals surface area contributed by atoms with E-state index in [0.29, 0.717) is 17.9 Å². The van der Waals surface area contributed by atoms with Crippen molar-refractivity contribution in [2.75, 3.05) is 29.5 Å². The van der Waals surface area contributed by atoms with Gasteiger partial charge in [-0.05, 0) is 64.2 Å². The smallest absolute Gasteiger partial charge is 0.303 e. The summed E-state index contributed by atoms with van der Waals surface area (Å²) in [7, 11) is 0. The lowest BCUT2D eigenvalue weighted by Crippen LogP contribution is -2.31. The second-order valence-electron chi connectivity index (χ2n) is 11.9. The van der Waals surface area contributed by atoms with Gasteiger partial charge in [0.1, 0.15) is 6.54 Å². The quantitative estimate of drug-likeness (QED) is 0.0311. The maximum atomic E-state index is 11.3. The fourth-order valence-electron chi connectivity index (χ4n) is 6.97. The van der Waals surface area contributed by atoms with Crippen molar-refractivity contribution in [3.63, 3.8) is 0 Å². The molecule has 2 aliphatic heterocycles. The number of para-hydroxylation sites is 2. The summed E-state index contributed by atoms with van der Waals surface area (Å²) < 4.78 is 11.5. The number of rotatable bonds is 20. The molecule has 47 heavy (non-hydrogen) atoms. The third-order valence-electron chi connectivity index (χ3n) is 9.08. The van der Waals surface area contributed by atoms with Gasteiger partial charge in [-0.2, -0.15) is 4.58 Å². The zero-order chi connectivity index (χ0) is 33.7. The highest BCUT2D eigenvalue weighted by Gasteiger charge is 2.47. The van der Waals surface area contributed by atoms with Gasteiger partial charge < -0.3 is 10.0 Å². The molecule has 0 radical (unpaired) electrons. The van der Waals surface area contributed by atoms with Gasteiger partial charge in [-0.3, -0.25) is 4.79 Å². The Hall–Kier alpha value is -2.94. The van der Waals surface area contributed by atoms with E-state index in [1.807, 2.05) is 0 Å². The molecule has 2 atom stereocenters. The van der Waals surface area contributed by atoms with Gasteiger partial charge in [-0.25, -0.2) is 10.5 Å². The summed E-state index contributed by atoms with van der Waals surface area (Å²) in [6, 6.07) is 16.9. The summed E-state index contributed by atoms with van der Waals surface area (Å²) in [5, 5.41) is 33.8. The Labute approximate surface area is 285 Å². The average Bonchev–Trinajstić information content (AvgIpc) is 3.45. The van der Waals surface area contributed by atoms with Crippen LogP contribution in [0.1, 0.15) is 70.4 Å². The van der Waals surface area contributed by atoms with Crippen molar-refractivity contribution in [1.82, 2.24) is 0 Å². The molecule has 4 rings (SSSR count). The molecule has 0 spiro atoms. The summed E-state index contributed by atoms with van der Waals surface area (Å²) >= 11 is 2.12. The van der Waals surface area contributed by atoms with Crippen molar-refractivity contribution in [2.45, 2.75) is 70.1 Å². The van der Waals surface area contributed by atoms with Gasteiger partial charge in [0.05, 0.1) is 5.41 Å². The number of benzene rings is 2. The number of anilines is 1. The largest absolute Gasteiger partial charge is 0.481 e. The van der Waals surface area contributed by atoms with Crippen LogP contribution in [-0.2, 0) is 34.4 Å². The lowest BCUT2D eigenvalue weighted by atomic mass is 9.76. The Morgan fingerprint density at radius 2 is 1.53 bits per heavy atom. The molecule has 2 aromatic rings. The van der Waals surface area contributed by atoms with E-state index in [9.17, 15) is 9.90 Å². The fraction of sp³-hybridized carbons (Fsp3) is 0.429. The van der Waals surface area contributed by atoms with Gasteiger partial charge in [0, 0.05) is 89.5 Å². The molecule has 0 amide bonds. The normalized spacial score (nSPS) is 21.5. The van der Waals surface area contributed by atoms with E-state index in [2.05, 4.69) is 128 Å². The van der Waals surface area contributed by atoms with E-state index in [-0.39, 0.29) is 17.3 Å². The molecule has 0 bridgehead atoms. The summed E-state index contributed by atoms with van der Waals surface area (Å²) in [5.74, 6) is 0.518. The molecule has 3 N–H and O–H groups in total. The summed E-state index contributed by atoms with van der Waals surface area (Å²) in [6.45, 7) is 8.19. The van der Waals surface area contributed by atoms with Crippen LogP contribution < -0.4 is 4.90 Å². The number of allylic oxidation sites excluding steroid dienone is 6. The maximum Gasteiger partial charge on any atom is 0.303 e. The lowest BCUT2D eigenvalue weighted by molar-refractivity contribution is -0.438. The predicted molar refractivity (Wildman–Crippen MR) is 187 cm³/mol. The van der Waals surface area contributed by atoms with Crippen LogP contribution in [0.3, 0.4) is 0 Å². The first-order chi connectivity index (χ1) is 22.8. The molecule has 2 aliphatic rings. The number of likely N-dealkylation sites (N-methyl/N-ethyl adjacent to an activating group) is 1. The Bertz CT molecular complexity index is 1480. The van der Waals surface area contributed by atoms with Crippen LogP contribution in [-0.4, -0.2) is 56.5 Å². The molecule has 0 saturated carbocycles. The van der Waals surface area contributed by atoms with Crippen molar-refractivity contribution < 1.29 is 43.7 Å². The molecule has 0 fully saturated rings. The van der Waals surface area contributed by atoms with Gasteiger partial charge in [0.25, 0.3) is 0 Å². The minimum Gasteiger partial charge on any atom is -0.481 e. The van der Waals surface area contributed by atoms with Crippen LogP contribution >= 0.6 is 24.1 Å². The van der Waals surface area contributed by atoms with E-state index in [1.54, 1.807) is 0 Å². The Kier molecular flexibility index (Phi) is 14.1. The van der Waals surface area contributed by atoms with Gasteiger partial charge in [0.2, 0.25) is 5.69 Å². The van der Waals surface area contributed by atoms with Crippen molar-refractivity contribution in [2.24, 2.45) is 0 Å². The van der Waals surface area contributed by atoms with Gasteiger partial charge in [0.15, 0.2) is 5.71 Å². The van der Waals surface area contributed by atoms with Gasteiger partial charge >= 0.3 is 5.97 Å². The zero-order valence-corrected chi connectivity index (χ0v) is 28.8. The fourth-order valence-corrected chi connectivity index (χ4v) is 7.70. The van der Waals surface area contributed by atoms with Crippen LogP contribution in [0.15, 0.2) is 84.6 Å². The molecule has 2 aromatic carbocycles. The molecule has 12 heteroatoms. The summed E-state index contributed by atoms with van der Waals surface area (Å²) in [4.78, 5) is 13.7. The van der Waals surface area contributed by atoms with E-state index in [1.165, 1.54) is 28.2 Å². The predicted octanol–water partition coefficient (Wildman–Crippen LogP) is 8.40. The molecule has 0 aliphatic carbocycles. The second-order valence-corrected chi connectivity index (χ2v) is 13.5. The minimum absolute atomic E-state index is 0.147. The highest BCUT2D eigenvalue weighted by Crippen LogP contribution is 2.50. The second kappa shape index (κ2) is 18.0. The van der Waals surface area contributed by atoms with E-state index >= 15 is 0 Å². The Morgan fingerprint density at radius 3 is 2.23 bits per heavy atom. The van der Waals surface area contributed by atoms with Crippen molar-refractivity contribution in [1.29, 1.82) is 0 Å². The van der Waals surface area contributed by atoms with Crippen LogP contribution in [0.5, 0.6) is 0 Å². The number of fused-ring (bicyclic) bond motifs is 2. The van der Waals surface area contributed by atoms with Crippen molar-refractivity contribution in [3.8, 4) is 0 Å². The summed E-state index contributed by atoms with van der Waals surface area (Å²) in [6.07, 6.45) is 14.5. The average molecular weight is 686 g/mol. The molecule has 0 aromatic heterocycles. The molecule has 2 unspecified atom stereocenters. The van der Waals surface area contributed by atoms with Crippen LogP contribution in [0.25, 0.3) is 0 Å². The van der Waals surface area contributed by atoms with E-state index in [4.69, 9.17) is 10.5 Å². The standard InChI is InChI=1S/C35H44N2O8S2/c1-4-36-29-17-10-8-15-27(29)34(2,22-12-21-33(38)39)31(36)19-6-5-7-20-32-35(3,23-13-25-46-44-42-40)28-16-9-11-18-30(28)37(32)24-14-26-47-45-43-41/h5-11,15-20H,4,12-14,21-26H2,1-3H3,(H2-,38,39,40,41)/p+1. The van der Waals surface area contributed by atoms with Crippen LogP contribution in [0, 0.1) is 0 Å². The highest BCUT2D eigenvalue weighted by atomic mass is 32.2. The highest BCUT2D eigenvalue weighted by molar-refractivity contribution is 7.94. The molecular weight excluding hydrogens is 641 g/mol. The van der Waals surface area contributed by atoms with E-state index < -0.39 is 5.97 Å². The number of carboxylic acids is 1. The van der Waals surface area contributed by atoms with Gasteiger partial charge in [-0.15, -0.1) is 8.67 Å². The van der Waals surface area contributed by atoms with Crippen LogP contribution in [0.2, 0.25) is 0 Å². The lowest BCUT2D eigenvalue weighted by Gasteiger charge is -2.29.